The standard InChI is InChI=1S/C16H21FO2/c1-10(2)11-7-8-13(16(18)19)14(9-11)12-5-3-4-6-15(12)17/h3-6,10-11,13-14H,7-9H2,1-2H3,(H,18,19). The van der Waals surface area contributed by atoms with Gasteiger partial charge in [-0.15, -0.1) is 0 Å². The SMILES string of the molecule is CC(C)C1CCC(C(=O)O)C(c2ccccc2F)C1. The van der Waals surface area contributed by atoms with Crippen molar-refractivity contribution >= 4 is 5.97 Å². The van der Waals surface area contributed by atoms with E-state index in [4.69, 9.17) is 0 Å². The Morgan fingerprint density at radius 2 is 2.00 bits per heavy atom. The first-order valence-electron chi connectivity index (χ1n) is 6.98. The molecule has 1 saturated carbocycles. The van der Waals surface area contributed by atoms with Crippen LogP contribution >= 0.6 is 0 Å². The zero-order valence-corrected chi connectivity index (χ0v) is 11.5. The summed E-state index contributed by atoms with van der Waals surface area (Å²) in [7, 11) is 0. The Kier molecular flexibility index (Phi) is 4.23. The number of halogens is 1. The van der Waals surface area contributed by atoms with Gasteiger partial charge in [-0.3, -0.25) is 4.79 Å². The highest BCUT2D eigenvalue weighted by molar-refractivity contribution is 5.71. The molecule has 1 aromatic rings. The topological polar surface area (TPSA) is 37.3 Å². The quantitative estimate of drug-likeness (QED) is 0.893. The van der Waals surface area contributed by atoms with E-state index in [2.05, 4.69) is 13.8 Å². The number of rotatable bonds is 3. The predicted octanol–water partition coefficient (Wildman–Crippen LogP) is 4.07. The van der Waals surface area contributed by atoms with Crippen molar-refractivity contribution in [2.75, 3.05) is 0 Å². The molecular formula is C16H21FO2. The lowest BCUT2D eigenvalue weighted by Crippen LogP contribution is -2.31. The van der Waals surface area contributed by atoms with E-state index in [9.17, 15) is 14.3 Å². The van der Waals surface area contributed by atoms with Gasteiger partial charge in [-0.05, 0) is 42.7 Å². The third-order valence-electron chi connectivity index (χ3n) is 4.46. The van der Waals surface area contributed by atoms with Crippen LogP contribution in [0.15, 0.2) is 24.3 Å². The van der Waals surface area contributed by atoms with E-state index in [1.807, 2.05) is 0 Å². The molecule has 2 nitrogen and oxygen atoms in total. The second-order valence-corrected chi connectivity index (χ2v) is 5.89. The van der Waals surface area contributed by atoms with Crippen LogP contribution in [0.3, 0.4) is 0 Å². The molecule has 0 radical (unpaired) electrons. The minimum Gasteiger partial charge on any atom is -0.481 e. The second kappa shape index (κ2) is 5.72. The summed E-state index contributed by atoms with van der Waals surface area (Å²) in [5.41, 5.74) is 0.570. The molecule has 0 spiro atoms. The lowest BCUT2D eigenvalue weighted by molar-refractivity contribution is -0.144. The smallest absolute Gasteiger partial charge is 0.307 e. The van der Waals surface area contributed by atoms with Crippen molar-refractivity contribution in [2.45, 2.75) is 39.0 Å². The van der Waals surface area contributed by atoms with Crippen molar-refractivity contribution in [2.24, 2.45) is 17.8 Å². The van der Waals surface area contributed by atoms with Crippen LogP contribution in [-0.4, -0.2) is 11.1 Å². The van der Waals surface area contributed by atoms with Crippen LogP contribution in [-0.2, 0) is 4.79 Å². The van der Waals surface area contributed by atoms with E-state index in [1.54, 1.807) is 18.2 Å². The normalized spacial score (nSPS) is 27.5. The van der Waals surface area contributed by atoms with Gasteiger partial charge < -0.3 is 5.11 Å². The zero-order chi connectivity index (χ0) is 14.0. The molecule has 0 aliphatic heterocycles. The van der Waals surface area contributed by atoms with E-state index in [0.29, 0.717) is 23.8 Å². The molecule has 0 bridgehead atoms. The molecule has 19 heavy (non-hydrogen) atoms. The Hall–Kier alpha value is -1.38. The van der Waals surface area contributed by atoms with Crippen molar-refractivity contribution in [1.82, 2.24) is 0 Å². The molecule has 2 rings (SSSR count). The Bertz CT molecular complexity index is 456. The molecule has 0 aromatic heterocycles. The highest BCUT2D eigenvalue weighted by atomic mass is 19.1. The average Bonchev–Trinajstić information content (AvgIpc) is 2.38. The lowest BCUT2D eigenvalue weighted by atomic mass is 9.68. The third-order valence-corrected chi connectivity index (χ3v) is 4.46. The Morgan fingerprint density at radius 1 is 1.32 bits per heavy atom. The van der Waals surface area contributed by atoms with E-state index in [-0.39, 0.29) is 11.7 Å². The monoisotopic (exact) mass is 264 g/mol. The van der Waals surface area contributed by atoms with Crippen LogP contribution in [0.5, 0.6) is 0 Å². The van der Waals surface area contributed by atoms with E-state index in [1.165, 1.54) is 6.07 Å². The highest BCUT2D eigenvalue weighted by Crippen LogP contribution is 2.43. The van der Waals surface area contributed by atoms with Crippen LogP contribution in [0.1, 0.15) is 44.6 Å². The maximum atomic E-state index is 13.9. The average molecular weight is 264 g/mol. The van der Waals surface area contributed by atoms with Gasteiger partial charge in [0.05, 0.1) is 5.92 Å². The molecule has 1 N–H and O–H groups in total. The Labute approximate surface area is 113 Å². The molecule has 3 heteroatoms. The van der Waals surface area contributed by atoms with Gasteiger partial charge in [-0.25, -0.2) is 4.39 Å². The van der Waals surface area contributed by atoms with E-state index < -0.39 is 11.9 Å². The summed E-state index contributed by atoms with van der Waals surface area (Å²) < 4.78 is 13.9. The molecule has 1 aliphatic carbocycles. The molecule has 0 heterocycles. The maximum Gasteiger partial charge on any atom is 0.307 e. The van der Waals surface area contributed by atoms with Crippen LogP contribution in [0.2, 0.25) is 0 Å². The third kappa shape index (κ3) is 2.96. The van der Waals surface area contributed by atoms with Crippen molar-refractivity contribution in [1.29, 1.82) is 0 Å². The van der Waals surface area contributed by atoms with Gasteiger partial charge in [0, 0.05) is 5.92 Å². The minimum absolute atomic E-state index is 0.195. The molecule has 104 valence electrons. The molecule has 1 aliphatic rings. The molecule has 0 amide bonds. The van der Waals surface area contributed by atoms with Gasteiger partial charge in [0.1, 0.15) is 5.82 Å². The van der Waals surface area contributed by atoms with Crippen molar-refractivity contribution in [3.05, 3.63) is 35.6 Å². The molecule has 0 saturated heterocycles. The van der Waals surface area contributed by atoms with E-state index >= 15 is 0 Å². The number of benzene rings is 1. The molecule has 3 atom stereocenters. The Balaban J connectivity index is 2.31. The minimum atomic E-state index is -0.796. The number of carboxylic acid groups (broad SMARTS) is 1. The van der Waals surface area contributed by atoms with E-state index in [0.717, 1.165) is 12.8 Å². The summed E-state index contributed by atoms with van der Waals surface area (Å²) in [4.78, 5) is 11.4. The number of hydrogen-bond donors (Lipinski definition) is 1. The van der Waals surface area contributed by atoms with Gasteiger partial charge in [0.15, 0.2) is 0 Å². The zero-order valence-electron chi connectivity index (χ0n) is 11.5. The molecule has 3 unspecified atom stereocenters. The van der Waals surface area contributed by atoms with Gasteiger partial charge in [-0.1, -0.05) is 32.0 Å². The van der Waals surface area contributed by atoms with Gasteiger partial charge >= 0.3 is 5.97 Å². The van der Waals surface area contributed by atoms with Gasteiger partial charge in [0.2, 0.25) is 0 Å². The number of hydrogen-bond acceptors (Lipinski definition) is 1. The summed E-state index contributed by atoms with van der Waals surface area (Å²) in [6, 6.07) is 6.60. The first kappa shape index (κ1) is 14.0. The number of carboxylic acids is 1. The largest absolute Gasteiger partial charge is 0.481 e. The van der Waals surface area contributed by atoms with Gasteiger partial charge in [-0.2, -0.15) is 0 Å². The lowest BCUT2D eigenvalue weighted by Gasteiger charge is -2.36. The fraction of sp³-hybridized carbons (Fsp3) is 0.562. The molecule has 1 aromatic carbocycles. The van der Waals surface area contributed by atoms with Crippen molar-refractivity contribution in [3.63, 3.8) is 0 Å². The summed E-state index contributed by atoms with van der Waals surface area (Å²) >= 11 is 0. The van der Waals surface area contributed by atoms with Crippen molar-refractivity contribution < 1.29 is 14.3 Å². The summed E-state index contributed by atoms with van der Waals surface area (Å²) in [5, 5.41) is 9.36. The molecule has 1 fully saturated rings. The highest BCUT2D eigenvalue weighted by Gasteiger charge is 2.37. The summed E-state index contributed by atoms with van der Waals surface area (Å²) in [5.74, 6) is -0.713. The fourth-order valence-electron chi connectivity index (χ4n) is 3.22. The first-order chi connectivity index (χ1) is 9.00. The van der Waals surface area contributed by atoms with Crippen LogP contribution in [0.25, 0.3) is 0 Å². The fourth-order valence-corrected chi connectivity index (χ4v) is 3.22. The number of aliphatic carboxylic acids is 1. The van der Waals surface area contributed by atoms with Crippen molar-refractivity contribution in [3.8, 4) is 0 Å². The maximum absolute atomic E-state index is 13.9. The molecular weight excluding hydrogens is 243 g/mol. The summed E-state index contributed by atoms with van der Waals surface area (Å²) in [6.45, 7) is 4.31. The van der Waals surface area contributed by atoms with Gasteiger partial charge in [0.25, 0.3) is 0 Å². The van der Waals surface area contributed by atoms with Crippen LogP contribution < -0.4 is 0 Å². The second-order valence-electron chi connectivity index (χ2n) is 5.89. The van der Waals surface area contributed by atoms with Crippen LogP contribution in [0.4, 0.5) is 4.39 Å². The number of carbonyl (C=O) groups is 1. The first-order valence-corrected chi connectivity index (χ1v) is 6.98. The van der Waals surface area contributed by atoms with Crippen LogP contribution in [0, 0.1) is 23.6 Å². The Morgan fingerprint density at radius 3 is 2.58 bits per heavy atom. The summed E-state index contributed by atoms with van der Waals surface area (Å²) in [6.07, 6.45) is 2.35. The predicted molar refractivity (Wildman–Crippen MR) is 72.4 cm³/mol.